The van der Waals surface area contributed by atoms with E-state index >= 15 is 0 Å². The van der Waals surface area contributed by atoms with Crippen LogP contribution in [-0.2, 0) is 17.7 Å². The van der Waals surface area contributed by atoms with E-state index in [4.69, 9.17) is 17.7 Å². The Morgan fingerprint density at radius 2 is 0.630 bits per heavy atom. The minimum absolute atomic E-state index is 0.212. The molecular formula is C21H48O4Si2. The SMILES string of the molecule is CC(C)(C)O[Si](C)(CCC[Si](C)(OC(C)(C)C)OC(C)(C)C)OC(C)(C)C. The Hall–Kier alpha value is 0.274. The van der Waals surface area contributed by atoms with E-state index in [1.165, 1.54) is 0 Å². The van der Waals surface area contributed by atoms with Gasteiger partial charge < -0.3 is 17.7 Å². The molecule has 0 saturated heterocycles. The molecular weight excluding hydrogens is 372 g/mol. The summed E-state index contributed by atoms with van der Waals surface area (Å²) in [5.74, 6) is 0. The lowest BCUT2D eigenvalue weighted by Gasteiger charge is -2.41. The first-order chi connectivity index (χ1) is 11.5. The molecule has 27 heavy (non-hydrogen) atoms. The molecule has 0 radical (unpaired) electrons. The molecule has 0 aliphatic heterocycles. The third kappa shape index (κ3) is 14.9. The lowest BCUT2D eigenvalue weighted by molar-refractivity contribution is 0.0151. The maximum Gasteiger partial charge on any atom is 0.335 e. The second-order valence-corrected chi connectivity index (χ2v) is 18.3. The maximum atomic E-state index is 6.47. The van der Waals surface area contributed by atoms with Crippen molar-refractivity contribution in [1.29, 1.82) is 0 Å². The highest BCUT2D eigenvalue weighted by atomic mass is 28.4. The van der Waals surface area contributed by atoms with Gasteiger partial charge in [0.15, 0.2) is 0 Å². The third-order valence-electron chi connectivity index (χ3n) is 3.35. The topological polar surface area (TPSA) is 36.9 Å². The largest absolute Gasteiger partial charge is 0.389 e. The van der Waals surface area contributed by atoms with E-state index in [1.54, 1.807) is 0 Å². The number of hydrogen-bond donors (Lipinski definition) is 0. The minimum Gasteiger partial charge on any atom is -0.389 e. The summed E-state index contributed by atoms with van der Waals surface area (Å²) in [6.07, 6.45) is 0.990. The Labute approximate surface area is 172 Å². The summed E-state index contributed by atoms with van der Waals surface area (Å²) in [5.41, 5.74) is -0.846. The van der Waals surface area contributed by atoms with Crippen molar-refractivity contribution in [2.75, 3.05) is 0 Å². The molecule has 6 heteroatoms. The van der Waals surface area contributed by atoms with Gasteiger partial charge in [-0.3, -0.25) is 0 Å². The van der Waals surface area contributed by atoms with Crippen molar-refractivity contribution in [3.63, 3.8) is 0 Å². The van der Waals surface area contributed by atoms with Crippen LogP contribution < -0.4 is 0 Å². The third-order valence-corrected chi connectivity index (χ3v) is 10.1. The molecule has 0 fully saturated rings. The molecule has 0 spiro atoms. The lowest BCUT2D eigenvalue weighted by Crippen LogP contribution is -2.51. The van der Waals surface area contributed by atoms with E-state index in [1.807, 2.05) is 0 Å². The molecule has 0 aromatic heterocycles. The van der Waals surface area contributed by atoms with Crippen molar-refractivity contribution in [3.05, 3.63) is 0 Å². The summed E-state index contributed by atoms with van der Waals surface area (Å²) in [6, 6.07) is 1.87. The second-order valence-electron chi connectivity index (χ2n) is 12.0. The minimum atomic E-state index is -2.33. The van der Waals surface area contributed by atoms with Crippen LogP contribution in [0.4, 0.5) is 0 Å². The van der Waals surface area contributed by atoms with E-state index in [0.29, 0.717) is 0 Å². The van der Waals surface area contributed by atoms with E-state index in [2.05, 4.69) is 96.2 Å². The van der Waals surface area contributed by atoms with Crippen molar-refractivity contribution in [2.45, 2.75) is 137 Å². The van der Waals surface area contributed by atoms with Gasteiger partial charge in [0.25, 0.3) is 0 Å². The first kappa shape index (κ1) is 27.3. The van der Waals surface area contributed by atoms with Gasteiger partial charge in [0.2, 0.25) is 0 Å². The zero-order chi connectivity index (χ0) is 21.9. The van der Waals surface area contributed by atoms with Gasteiger partial charge in [-0.25, -0.2) is 0 Å². The molecule has 0 amide bonds. The molecule has 0 heterocycles. The Bertz CT molecular complexity index is 377. The highest BCUT2D eigenvalue weighted by molar-refractivity contribution is 6.68. The molecule has 0 aliphatic rings. The lowest BCUT2D eigenvalue weighted by atomic mass is 10.2. The Kier molecular flexibility index (Phi) is 9.05. The summed E-state index contributed by atoms with van der Waals surface area (Å²) >= 11 is 0. The average Bonchev–Trinajstić information content (AvgIpc) is 2.14. The highest BCUT2D eigenvalue weighted by Crippen LogP contribution is 2.32. The predicted octanol–water partition coefficient (Wildman–Crippen LogP) is 6.78. The number of hydrogen-bond acceptors (Lipinski definition) is 4. The van der Waals surface area contributed by atoms with Gasteiger partial charge in [-0.2, -0.15) is 0 Å². The van der Waals surface area contributed by atoms with Crippen molar-refractivity contribution in [2.24, 2.45) is 0 Å². The molecule has 0 unspecified atom stereocenters. The van der Waals surface area contributed by atoms with Crippen molar-refractivity contribution < 1.29 is 17.7 Å². The first-order valence-corrected chi connectivity index (χ1v) is 15.4. The monoisotopic (exact) mass is 420 g/mol. The standard InChI is InChI=1S/C21H48O4Si2/c1-18(2,3)22-26(13,23-19(4,5)6)16-15-17-27(14,24-20(7,8)9)25-21(10,11)12/h15-17H2,1-14H3. The smallest absolute Gasteiger partial charge is 0.335 e. The van der Waals surface area contributed by atoms with Crippen LogP contribution in [0.15, 0.2) is 0 Å². The molecule has 0 rings (SSSR count). The van der Waals surface area contributed by atoms with Crippen molar-refractivity contribution in [3.8, 4) is 0 Å². The fourth-order valence-electron chi connectivity index (χ4n) is 3.57. The van der Waals surface area contributed by atoms with Crippen LogP contribution in [0.2, 0.25) is 25.2 Å². The molecule has 0 aromatic carbocycles. The van der Waals surface area contributed by atoms with Gasteiger partial charge in [0, 0.05) is 0 Å². The molecule has 164 valence electrons. The quantitative estimate of drug-likeness (QED) is 0.405. The van der Waals surface area contributed by atoms with Crippen LogP contribution >= 0.6 is 0 Å². The second kappa shape index (κ2) is 8.96. The van der Waals surface area contributed by atoms with Crippen LogP contribution in [0.3, 0.4) is 0 Å². The van der Waals surface area contributed by atoms with Crippen LogP contribution in [-0.4, -0.2) is 39.5 Å². The van der Waals surface area contributed by atoms with Crippen molar-refractivity contribution >= 4 is 17.1 Å². The zero-order valence-electron chi connectivity index (χ0n) is 20.8. The first-order valence-electron chi connectivity index (χ1n) is 10.3. The van der Waals surface area contributed by atoms with Gasteiger partial charge in [0.1, 0.15) is 0 Å². The average molecular weight is 421 g/mol. The Morgan fingerprint density at radius 1 is 0.444 bits per heavy atom. The van der Waals surface area contributed by atoms with Crippen molar-refractivity contribution in [1.82, 2.24) is 0 Å². The van der Waals surface area contributed by atoms with Gasteiger partial charge in [-0.05, 0) is 115 Å². The molecule has 0 N–H and O–H groups in total. The van der Waals surface area contributed by atoms with Crippen LogP contribution in [0.1, 0.15) is 89.5 Å². The van der Waals surface area contributed by atoms with Crippen LogP contribution in [0, 0.1) is 0 Å². The van der Waals surface area contributed by atoms with E-state index in [0.717, 1.165) is 18.5 Å². The fraction of sp³-hybridized carbons (Fsp3) is 1.00. The number of rotatable bonds is 8. The van der Waals surface area contributed by atoms with Gasteiger partial charge in [-0.15, -0.1) is 0 Å². The summed E-state index contributed by atoms with van der Waals surface area (Å²) in [5, 5.41) is 0. The zero-order valence-corrected chi connectivity index (χ0v) is 22.8. The van der Waals surface area contributed by atoms with Gasteiger partial charge >= 0.3 is 17.1 Å². The summed E-state index contributed by atoms with van der Waals surface area (Å²) in [7, 11) is -4.65. The summed E-state index contributed by atoms with van der Waals surface area (Å²) < 4.78 is 25.9. The maximum absolute atomic E-state index is 6.47. The summed E-state index contributed by atoms with van der Waals surface area (Å²) in [4.78, 5) is 0. The van der Waals surface area contributed by atoms with E-state index in [-0.39, 0.29) is 22.4 Å². The van der Waals surface area contributed by atoms with E-state index < -0.39 is 17.1 Å². The Balaban J connectivity index is 5.25. The van der Waals surface area contributed by atoms with Gasteiger partial charge in [0.05, 0.1) is 22.4 Å². The highest BCUT2D eigenvalue weighted by Gasteiger charge is 2.43. The predicted molar refractivity (Wildman–Crippen MR) is 121 cm³/mol. The van der Waals surface area contributed by atoms with Crippen LogP contribution in [0.25, 0.3) is 0 Å². The molecule has 0 aromatic rings. The van der Waals surface area contributed by atoms with Crippen LogP contribution in [0.5, 0.6) is 0 Å². The summed E-state index contributed by atoms with van der Waals surface area (Å²) in [6.45, 7) is 29.7. The van der Waals surface area contributed by atoms with Gasteiger partial charge in [-0.1, -0.05) is 0 Å². The fourth-order valence-corrected chi connectivity index (χ4v) is 11.2. The molecule has 0 aliphatic carbocycles. The molecule has 0 saturated carbocycles. The molecule has 0 bridgehead atoms. The van der Waals surface area contributed by atoms with E-state index in [9.17, 15) is 0 Å². The Morgan fingerprint density at radius 3 is 0.778 bits per heavy atom. The molecule has 4 nitrogen and oxygen atoms in total. The normalized spacial score (nSPS) is 15.3. The molecule has 0 atom stereocenters.